The maximum atomic E-state index is 12.3. The highest BCUT2D eigenvalue weighted by Gasteiger charge is 2.13. The van der Waals surface area contributed by atoms with Crippen LogP contribution in [0.2, 0.25) is 0 Å². The largest absolute Gasteiger partial charge is 0.478 e. The third-order valence-electron chi connectivity index (χ3n) is 3.51. The van der Waals surface area contributed by atoms with Crippen molar-refractivity contribution >= 4 is 23.5 Å². The highest BCUT2D eigenvalue weighted by molar-refractivity contribution is 7.99. The third-order valence-corrected chi connectivity index (χ3v) is 4.42. The van der Waals surface area contributed by atoms with Crippen LogP contribution in [0.15, 0.2) is 53.7 Å². The van der Waals surface area contributed by atoms with E-state index in [0.717, 1.165) is 5.56 Å². The van der Waals surface area contributed by atoms with E-state index >= 15 is 0 Å². The number of aromatic carboxylic acids is 1. The molecule has 0 aliphatic rings. The Hall–Kier alpha value is -3.00. The van der Waals surface area contributed by atoms with Gasteiger partial charge in [-0.15, -0.1) is 5.10 Å². The van der Waals surface area contributed by atoms with Crippen molar-refractivity contribution < 1.29 is 14.7 Å². The zero-order valence-corrected chi connectivity index (χ0v) is 14.1. The Morgan fingerprint density at radius 2 is 1.68 bits per heavy atom. The Labute approximate surface area is 147 Å². The molecule has 0 aliphatic carbocycles. The topological polar surface area (TPSA) is 98.0 Å². The SMILES string of the molecule is Cc1ccc(C(=O)CSc2nnnn2-c2ccc(C(=O)O)cc2)cc1. The summed E-state index contributed by atoms with van der Waals surface area (Å²) in [6, 6.07) is 13.6. The van der Waals surface area contributed by atoms with Gasteiger partial charge in [0, 0.05) is 5.56 Å². The first-order valence-electron chi connectivity index (χ1n) is 7.39. The Bertz CT molecular complexity index is 904. The van der Waals surface area contributed by atoms with Crippen LogP contribution in [-0.2, 0) is 0 Å². The maximum Gasteiger partial charge on any atom is 0.335 e. The number of aryl methyl sites for hydroxylation is 1. The molecule has 1 N–H and O–H groups in total. The van der Waals surface area contributed by atoms with Gasteiger partial charge in [0.05, 0.1) is 17.0 Å². The van der Waals surface area contributed by atoms with Gasteiger partial charge in [-0.25, -0.2) is 4.79 Å². The van der Waals surface area contributed by atoms with E-state index < -0.39 is 5.97 Å². The lowest BCUT2D eigenvalue weighted by Crippen LogP contribution is -2.05. The first-order valence-corrected chi connectivity index (χ1v) is 8.38. The number of benzene rings is 2. The van der Waals surface area contributed by atoms with Crippen LogP contribution in [0.4, 0.5) is 0 Å². The Kier molecular flexibility index (Phi) is 4.90. The monoisotopic (exact) mass is 354 g/mol. The van der Waals surface area contributed by atoms with Gasteiger partial charge >= 0.3 is 5.97 Å². The van der Waals surface area contributed by atoms with Gasteiger partial charge in [-0.05, 0) is 41.6 Å². The van der Waals surface area contributed by atoms with Crippen LogP contribution in [0, 0.1) is 6.92 Å². The van der Waals surface area contributed by atoms with E-state index in [2.05, 4.69) is 15.5 Å². The minimum absolute atomic E-state index is 0.0132. The van der Waals surface area contributed by atoms with Gasteiger partial charge < -0.3 is 5.11 Å². The summed E-state index contributed by atoms with van der Waals surface area (Å²) in [4.78, 5) is 23.2. The molecular formula is C17H14N4O3S. The number of ketones is 1. The molecule has 0 radical (unpaired) electrons. The lowest BCUT2D eigenvalue weighted by atomic mass is 10.1. The number of carbonyl (C=O) groups excluding carboxylic acids is 1. The average molecular weight is 354 g/mol. The number of aromatic nitrogens is 4. The van der Waals surface area contributed by atoms with Gasteiger partial charge in [-0.3, -0.25) is 4.79 Å². The molecule has 0 bridgehead atoms. The van der Waals surface area contributed by atoms with Gasteiger partial charge in [-0.2, -0.15) is 4.68 Å². The van der Waals surface area contributed by atoms with Crippen LogP contribution >= 0.6 is 11.8 Å². The second-order valence-corrected chi connectivity index (χ2v) is 6.25. The van der Waals surface area contributed by atoms with E-state index in [0.29, 0.717) is 16.4 Å². The lowest BCUT2D eigenvalue weighted by molar-refractivity contribution is 0.0696. The summed E-state index contributed by atoms with van der Waals surface area (Å²) in [6.07, 6.45) is 0. The summed E-state index contributed by atoms with van der Waals surface area (Å²) in [6.45, 7) is 1.97. The molecule has 0 saturated heterocycles. The minimum Gasteiger partial charge on any atom is -0.478 e. The van der Waals surface area contributed by atoms with E-state index in [9.17, 15) is 9.59 Å². The predicted molar refractivity (Wildman–Crippen MR) is 92.3 cm³/mol. The fourth-order valence-electron chi connectivity index (χ4n) is 2.13. The second-order valence-electron chi connectivity index (χ2n) is 5.30. The predicted octanol–water partition coefficient (Wildman–Crippen LogP) is 2.64. The highest BCUT2D eigenvalue weighted by Crippen LogP contribution is 2.20. The van der Waals surface area contributed by atoms with Gasteiger partial charge in [0.2, 0.25) is 5.16 Å². The van der Waals surface area contributed by atoms with Crippen LogP contribution in [0.25, 0.3) is 5.69 Å². The molecule has 0 aliphatic heterocycles. The maximum absolute atomic E-state index is 12.3. The normalized spacial score (nSPS) is 10.6. The molecule has 0 spiro atoms. The molecule has 0 unspecified atom stereocenters. The number of nitrogens with zero attached hydrogens (tertiary/aromatic N) is 4. The molecule has 25 heavy (non-hydrogen) atoms. The number of hydrogen-bond acceptors (Lipinski definition) is 6. The first-order chi connectivity index (χ1) is 12.0. The lowest BCUT2D eigenvalue weighted by Gasteiger charge is -2.05. The zero-order valence-electron chi connectivity index (χ0n) is 13.3. The Morgan fingerprint density at radius 1 is 1.04 bits per heavy atom. The van der Waals surface area contributed by atoms with Crippen molar-refractivity contribution in [3.05, 3.63) is 65.2 Å². The van der Waals surface area contributed by atoms with Crippen LogP contribution < -0.4 is 0 Å². The number of carboxylic acid groups (broad SMARTS) is 1. The highest BCUT2D eigenvalue weighted by atomic mass is 32.2. The van der Waals surface area contributed by atoms with Crippen molar-refractivity contribution in [2.45, 2.75) is 12.1 Å². The van der Waals surface area contributed by atoms with Crippen molar-refractivity contribution in [2.24, 2.45) is 0 Å². The minimum atomic E-state index is -0.999. The molecule has 1 aromatic heterocycles. The van der Waals surface area contributed by atoms with E-state index in [4.69, 9.17) is 5.11 Å². The van der Waals surface area contributed by atoms with E-state index in [1.807, 2.05) is 19.1 Å². The number of hydrogen-bond donors (Lipinski definition) is 1. The Morgan fingerprint density at radius 3 is 2.32 bits per heavy atom. The number of carboxylic acids is 1. The fraction of sp³-hybridized carbons (Fsp3) is 0.118. The molecule has 0 fully saturated rings. The van der Waals surface area contributed by atoms with E-state index in [1.165, 1.54) is 28.6 Å². The fourth-order valence-corrected chi connectivity index (χ4v) is 2.91. The molecule has 2 aromatic carbocycles. The standard InChI is InChI=1S/C17H14N4O3S/c1-11-2-4-12(5-3-11)15(22)10-25-17-18-19-20-21(17)14-8-6-13(7-9-14)16(23)24/h2-9H,10H2,1H3,(H,23,24). The number of Topliss-reactive ketones (excluding diaryl/α,β-unsaturated/α-hetero) is 1. The van der Waals surface area contributed by atoms with Gasteiger partial charge in [-0.1, -0.05) is 41.6 Å². The summed E-state index contributed by atoms with van der Waals surface area (Å²) in [5.74, 6) is -0.807. The molecule has 1 heterocycles. The molecule has 0 amide bonds. The summed E-state index contributed by atoms with van der Waals surface area (Å²) >= 11 is 1.23. The smallest absolute Gasteiger partial charge is 0.335 e. The number of carbonyl (C=O) groups is 2. The quantitative estimate of drug-likeness (QED) is 0.537. The molecule has 3 aromatic rings. The molecule has 126 valence electrons. The third kappa shape index (κ3) is 3.92. The van der Waals surface area contributed by atoms with Crippen LogP contribution in [0.1, 0.15) is 26.3 Å². The second kappa shape index (κ2) is 7.27. The van der Waals surface area contributed by atoms with Crippen molar-refractivity contribution in [3.8, 4) is 5.69 Å². The van der Waals surface area contributed by atoms with Gasteiger partial charge in [0.25, 0.3) is 0 Å². The van der Waals surface area contributed by atoms with Crippen molar-refractivity contribution in [3.63, 3.8) is 0 Å². The summed E-state index contributed by atoms with van der Waals surface area (Å²) in [7, 11) is 0. The average Bonchev–Trinajstić information content (AvgIpc) is 3.09. The van der Waals surface area contributed by atoms with E-state index in [-0.39, 0.29) is 17.1 Å². The Balaban J connectivity index is 1.72. The van der Waals surface area contributed by atoms with Crippen LogP contribution in [0.5, 0.6) is 0 Å². The molecule has 8 heteroatoms. The van der Waals surface area contributed by atoms with Gasteiger partial charge in [0.15, 0.2) is 5.78 Å². The first kappa shape index (κ1) is 16.8. The number of tetrazole rings is 1. The zero-order chi connectivity index (χ0) is 17.8. The molecule has 0 saturated carbocycles. The number of thioether (sulfide) groups is 1. The molecular weight excluding hydrogens is 340 g/mol. The number of rotatable bonds is 6. The van der Waals surface area contributed by atoms with E-state index in [1.54, 1.807) is 24.3 Å². The summed E-state index contributed by atoms with van der Waals surface area (Å²) in [5.41, 5.74) is 2.54. The summed E-state index contributed by atoms with van der Waals surface area (Å²) < 4.78 is 1.47. The van der Waals surface area contributed by atoms with Crippen LogP contribution in [0.3, 0.4) is 0 Å². The van der Waals surface area contributed by atoms with Crippen LogP contribution in [-0.4, -0.2) is 42.8 Å². The summed E-state index contributed by atoms with van der Waals surface area (Å²) in [5, 5.41) is 20.9. The molecule has 0 atom stereocenters. The molecule has 7 nitrogen and oxygen atoms in total. The molecule has 3 rings (SSSR count). The van der Waals surface area contributed by atoms with Crippen molar-refractivity contribution in [1.82, 2.24) is 20.2 Å². The van der Waals surface area contributed by atoms with Crippen molar-refractivity contribution in [2.75, 3.05) is 5.75 Å². The van der Waals surface area contributed by atoms with Crippen molar-refractivity contribution in [1.29, 1.82) is 0 Å². The van der Waals surface area contributed by atoms with Gasteiger partial charge in [0.1, 0.15) is 0 Å².